The molecule has 0 aliphatic carbocycles. The Balaban J connectivity index is 2.33. The maximum Gasteiger partial charge on any atom is 0.192 e. The topological polar surface area (TPSA) is 43.4 Å². The van der Waals surface area contributed by atoms with E-state index in [0.29, 0.717) is 11.5 Å². The van der Waals surface area contributed by atoms with E-state index in [1.807, 2.05) is 30.3 Å². The molecule has 0 spiro atoms. The summed E-state index contributed by atoms with van der Waals surface area (Å²) in [5.74, 6) is 0.0133. The molecule has 0 saturated carbocycles. The van der Waals surface area contributed by atoms with Crippen molar-refractivity contribution in [2.75, 3.05) is 12.9 Å². The molecule has 0 amide bonds. The highest BCUT2D eigenvalue weighted by Crippen LogP contribution is 2.39. The van der Waals surface area contributed by atoms with Crippen molar-refractivity contribution in [3.05, 3.63) is 72.3 Å². The predicted molar refractivity (Wildman–Crippen MR) is 121 cm³/mol. The lowest BCUT2D eigenvalue weighted by atomic mass is 9.88. The Hall–Kier alpha value is -1.69. The van der Waals surface area contributed by atoms with Gasteiger partial charge in [-0.3, -0.25) is 0 Å². The van der Waals surface area contributed by atoms with E-state index in [-0.39, 0.29) is 11.0 Å². The fraction of sp³-hybridized carbons (Fsp3) is 0.391. The molecule has 0 radical (unpaired) electrons. The number of hydrogen-bond acceptors (Lipinski definition) is 3. The van der Waals surface area contributed by atoms with E-state index in [9.17, 15) is 8.42 Å². The van der Waals surface area contributed by atoms with Gasteiger partial charge in [-0.25, -0.2) is 8.42 Å². The molecule has 0 aliphatic rings. The van der Waals surface area contributed by atoms with E-state index in [2.05, 4.69) is 52.6 Å². The summed E-state index contributed by atoms with van der Waals surface area (Å²) in [6.07, 6.45) is 1.22. The average Bonchev–Trinajstić information content (AvgIpc) is 2.61. The van der Waals surface area contributed by atoms with Gasteiger partial charge in [-0.2, -0.15) is 0 Å². The van der Waals surface area contributed by atoms with Gasteiger partial charge in [-0.05, 0) is 47.0 Å². The number of benzene rings is 2. The van der Waals surface area contributed by atoms with Crippen LogP contribution >= 0.6 is 0 Å². The Labute approximate surface area is 171 Å². The van der Waals surface area contributed by atoms with Gasteiger partial charge >= 0.3 is 0 Å². The molecular weight excluding hydrogens is 384 g/mol. The van der Waals surface area contributed by atoms with Crippen molar-refractivity contribution in [3.8, 4) is 0 Å². The highest BCUT2D eigenvalue weighted by Gasteiger charge is 2.38. The Morgan fingerprint density at radius 2 is 1.57 bits per heavy atom. The molecule has 2 rings (SSSR count). The van der Waals surface area contributed by atoms with Gasteiger partial charge in [0.05, 0.1) is 4.90 Å². The van der Waals surface area contributed by atoms with Crippen LogP contribution in [0.2, 0.25) is 18.1 Å². The number of sulfone groups is 1. The van der Waals surface area contributed by atoms with Crippen LogP contribution in [0.25, 0.3) is 5.57 Å². The summed E-state index contributed by atoms with van der Waals surface area (Å²) in [7, 11) is -5.11. The Morgan fingerprint density at radius 3 is 2.04 bits per heavy atom. The molecule has 0 aromatic heterocycles. The van der Waals surface area contributed by atoms with E-state index in [4.69, 9.17) is 4.43 Å². The summed E-state index contributed by atoms with van der Waals surface area (Å²) < 4.78 is 30.0. The number of hydrogen-bond donors (Lipinski definition) is 0. The van der Waals surface area contributed by atoms with Gasteiger partial charge < -0.3 is 4.43 Å². The van der Waals surface area contributed by atoms with Gasteiger partial charge in [0.1, 0.15) is 0 Å². The monoisotopic (exact) mass is 416 g/mol. The van der Waals surface area contributed by atoms with Crippen molar-refractivity contribution in [2.45, 2.75) is 49.7 Å². The van der Waals surface area contributed by atoms with E-state index < -0.39 is 18.2 Å². The van der Waals surface area contributed by atoms with E-state index in [1.165, 1.54) is 6.26 Å². The smallest absolute Gasteiger partial charge is 0.192 e. The minimum absolute atomic E-state index is 0.0133. The second-order valence-electron chi connectivity index (χ2n) is 8.86. The van der Waals surface area contributed by atoms with Crippen molar-refractivity contribution in [2.24, 2.45) is 0 Å². The molecule has 2 aromatic rings. The molecule has 28 heavy (non-hydrogen) atoms. The molecule has 0 saturated heterocycles. The SMILES string of the molecule is C=C(c1ccc(S(C)(=O)=O)cc1)C(CO[Si](C)(C)C(C)(C)C)c1ccccc1. The van der Waals surface area contributed by atoms with Crippen LogP contribution < -0.4 is 0 Å². The fourth-order valence-corrected chi connectivity index (χ4v) is 4.36. The minimum Gasteiger partial charge on any atom is -0.416 e. The third kappa shape index (κ3) is 5.43. The normalized spacial score (nSPS) is 13.9. The largest absolute Gasteiger partial charge is 0.416 e. The highest BCUT2D eigenvalue weighted by atomic mass is 32.2. The van der Waals surface area contributed by atoms with Gasteiger partial charge in [0.15, 0.2) is 18.2 Å². The molecule has 152 valence electrons. The molecule has 0 aliphatic heterocycles. The standard InChI is InChI=1S/C23H32O3SSi/c1-18(19-13-15-21(16-14-19)27(5,24)25)22(20-11-9-8-10-12-20)17-26-28(6,7)23(2,3)4/h8-16,22H,1,17H2,2-7H3. The Morgan fingerprint density at radius 1 is 1.04 bits per heavy atom. The lowest BCUT2D eigenvalue weighted by Crippen LogP contribution is -2.41. The van der Waals surface area contributed by atoms with Crippen LogP contribution in [0.1, 0.15) is 37.8 Å². The highest BCUT2D eigenvalue weighted by molar-refractivity contribution is 7.90. The van der Waals surface area contributed by atoms with Gasteiger partial charge in [-0.15, -0.1) is 0 Å². The van der Waals surface area contributed by atoms with Crippen LogP contribution in [0.5, 0.6) is 0 Å². The molecule has 0 heterocycles. The zero-order valence-electron chi connectivity index (χ0n) is 17.8. The maximum absolute atomic E-state index is 11.7. The molecule has 5 heteroatoms. The van der Waals surface area contributed by atoms with E-state index >= 15 is 0 Å². The predicted octanol–water partition coefficient (Wildman–Crippen LogP) is 5.91. The second kappa shape index (κ2) is 8.35. The van der Waals surface area contributed by atoms with Crippen LogP contribution in [0.15, 0.2) is 66.1 Å². The lowest BCUT2D eigenvalue weighted by molar-refractivity contribution is 0.281. The summed E-state index contributed by atoms with van der Waals surface area (Å²) in [5.41, 5.74) is 3.02. The molecule has 2 aromatic carbocycles. The van der Waals surface area contributed by atoms with Crippen molar-refractivity contribution >= 4 is 23.7 Å². The summed E-state index contributed by atoms with van der Waals surface area (Å²) in [6.45, 7) is 16.1. The van der Waals surface area contributed by atoms with Crippen molar-refractivity contribution < 1.29 is 12.8 Å². The molecule has 0 bridgehead atoms. The first kappa shape index (κ1) is 22.6. The van der Waals surface area contributed by atoms with Crippen molar-refractivity contribution in [1.29, 1.82) is 0 Å². The first-order chi connectivity index (χ1) is 12.8. The van der Waals surface area contributed by atoms with Crippen LogP contribution in [-0.2, 0) is 14.3 Å². The van der Waals surface area contributed by atoms with E-state index in [1.54, 1.807) is 12.1 Å². The zero-order chi connectivity index (χ0) is 21.2. The molecule has 0 N–H and O–H groups in total. The fourth-order valence-electron chi connectivity index (χ4n) is 2.71. The third-order valence-electron chi connectivity index (χ3n) is 5.69. The van der Waals surface area contributed by atoms with Gasteiger partial charge in [0, 0.05) is 18.8 Å². The summed E-state index contributed by atoms with van der Waals surface area (Å²) >= 11 is 0. The van der Waals surface area contributed by atoms with Gasteiger partial charge in [-0.1, -0.05) is 69.8 Å². The first-order valence-corrected chi connectivity index (χ1v) is 14.3. The molecular formula is C23H32O3SSi. The van der Waals surface area contributed by atoms with Crippen molar-refractivity contribution in [1.82, 2.24) is 0 Å². The molecule has 3 nitrogen and oxygen atoms in total. The van der Waals surface area contributed by atoms with Gasteiger partial charge in [0.2, 0.25) is 0 Å². The Bertz CT molecular complexity index is 909. The molecule has 1 atom stereocenters. The minimum atomic E-state index is -3.21. The van der Waals surface area contributed by atoms with Crippen LogP contribution in [0, 0.1) is 0 Å². The van der Waals surface area contributed by atoms with Gasteiger partial charge in [0.25, 0.3) is 0 Å². The Kier molecular flexibility index (Phi) is 6.74. The molecule has 1 unspecified atom stereocenters. The van der Waals surface area contributed by atoms with Crippen LogP contribution in [0.4, 0.5) is 0 Å². The van der Waals surface area contributed by atoms with E-state index in [0.717, 1.165) is 16.7 Å². The summed E-state index contributed by atoms with van der Waals surface area (Å²) in [6, 6.07) is 17.2. The van der Waals surface area contributed by atoms with Crippen molar-refractivity contribution in [3.63, 3.8) is 0 Å². The summed E-state index contributed by atoms with van der Waals surface area (Å²) in [5, 5.41) is 0.132. The number of rotatable bonds is 7. The van der Waals surface area contributed by atoms with Crippen LogP contribution in [0.3, 0.4) is 0 Å². The van der Waals surface area contributed by atoms with Crippen LogP contribution in [-0.4, -0.2) is 29.6 Å². The first-order valence-electron chi connectivity index (χ1n) is 9.51. The average molecular weight is 417 g/mol. The summed E-state index contributed by atoms with van der Waals surface area (Å²) in [4.78, 5) is 0.317. The maximum atomic E-state index is 11.7. The second-order valence-corrected chi connectivity index (χ2v) is 15.7. The lowest BCUT2D eigenvalue weighted by Gasteiger charge is -2.37. The molecule has 0 fully saturated rings. The quantitative estimate of drug-likeness (QED) is 0.527. The zero-order valence-corrected chi connectivity index (χ0v) is 19.6. The third-order valence-corrected chi connectivity index (χ3v) is 11.3.